The summed E-state index contributed by atoms with van der Waals surface area (Å²) in [6.07, 6.45) is 2.59. The summed E-state index contributed by atoms with van der Waals surface area (Å²) in [5.74, 6) is 0.0556. The number of hydrogen-bond donors (Lipinski definition) is 0. The second kappa shape index (κ2) is 3.03. The summed E-state index contributed by atoms with van der Waals surface area (Å²) < 4.78 is 12.9. The maximum absolute atomic E-state index is 12.9. The number of hydrogen-bond acceptors (Lipinski definition) is 2. The smallest absolute Gasteiger partial charge is 0.120 e. The van der Waals surface area contributed by atoms with Crippen molar-refractivity contribution >= 4 is 6.21 Å². The van der Waals surface area contributed by atoms with Crippen LogP contribution in [0.25, 0.3) is 0 Å². The van der Waals surface area contributed by atoms with Crippen molar-refractivity contribution in [2.75, 3.05) is 7.05 Å². The van der Waals surface area contributed by atoms with E-state index in [0.29, 0.717) is 0 Å². The van der Waals surface area contributed by atoms with Crippen LogP contribution < -0.4 is 0 Å². The summed E-state index contributed by atoms with van der Waals surface area (Å²) in [7, 11) is 1.78. The van der Waals surface area contributed by atoms with Gasteiger partial charge in [-0.05, 0) is 6.92 Å². The average Bonchev–Trinajstić information content (AvgIpc) is 2.30. The van der Waals surface area contributed by atoms with E-state index in [0.717, 1.165) is 0 Å². The van der Waals surface area contributed by atoms with Gasteiger partial charge in [-0.2, -0.15) is 5.10 Å². The number of alkyl halides is 1. The third kappa shape index (κ3) is 1.42. The third-order valence-electron chi connectivity index (χ3n) is 1.99. The van der Waals surface area contributed by atoms with Crippen molar-refractivity contribution in [3.8, 4) is 0 Å². The summed E-state index contributed by atoms with van der Waals surface area (Å²) in [4.78, 5) is 0. The number of halogens is 1. The molecule has 0 radical (unpaired) electrons. The zero-order chi connectivity index (χ0) is 8.43. The van der Waals surface area contributed by atoms with Gasteiger partial charge in [0, 0.05) is 19.2 Å². The van der Waals surface area contributed by atoms with E-state index >= 15 is 0 Å². The lowest BCUT2D eigenvalue weighted by Gasteiger charge is -2.23. The van der Waals surface area contributed by atoms with E-state index in [1.165, 1.54) is 0 Å². The molecule has 0 aliphatic carbocycles. The fourth-order valence-electron chi connectivity index (χ4n) is 1.40. The van der Waals surface area contributed by atoms with Gasteiger partial charge < -0.3 is 0 Å². The van der Waals surface area contributed by atoms with E-state index < -0.39 is 6.17 Å². The van der Waals surface area contributed by atoms with Crippen molar-refractivity contribution in [3.05, 3.63) is 12.7 Å². The molecular formula is C8H13FN2. The molecule has 0 saturated heterocycles. The molecule has 0 saturated carbocycles. The first-order valence-electron chi connectivity index (χ1n) is 3.70. The molecule has 3 atom stereocenters. The van der Waals surface area contributed by atoms with Gasteiger partial charge >= 0.3 is 0 Å². The first kappa shape index (κ1) is 8.24. The topological polar surface area (TPSA) is 15.6 Å². The number of nitrogens with zero attached hydrogens (tertiary/aromatic N) is 2. The van der Waals surface area contributed by atoms with Crippen LogP contribution in [-0.2, 0) is 0 Å². The quantitative estimate of drug-likeness (QED) is 0.552. The molecule has 3 unspecified atom stereocenters. The Hall–Kier alpha value is -0.860. The van der Waals surface area contributed by atoms with Gasteiger partial charge in [0.2, 0.25) is 0 Å². The van der Waals surface area contributed by atoms with Crippen molar-refractivity contribution in [1.29, 1.82) is 0 Å². The molecule has 1 rings (SSSR count). The molecule has 3 heteroatoms. The van der Waals surface area contributed by atoms with Gasteiger partial charge in [-0.3, -0.25) is 5.01 Å². The van der Waals surface area contributed by atoms with Gasteiger partial charge in [-0.15, -0.1) is 6.58 Å². The van der Waals surface area contributed by atoms with Crippen LogP contribution in [-0.4, -0.2) is 30.5 Å². The monoisotopic (exact) mass is 156 g/mol. The Kier molecular flexibility index (Phi) is 2.27. The largest absolute Gasteiger partial charge is 0.293 e. The van der Waals surface area contributed by atoms with E-state index in [1.807, 2.05) is 0 Å². The van der Waals surface area contributed by atoms with Crippen LogP contribution in [0.3, 0.4) is 0 Å². The maximum atomic E-state index is 12.9. The second-order valence-corrected chi connectivity index (χ2v) is 2.82. The summed E-state index contributed by atoms with van der Waals surface area (Å²) in [6.45, 7) is 5.17. The molecule has 0 aromatic rings. The first-order valence-corrected chi connectivity index (χ1v) is 3.70. The molecule has 11 heavy (non-hydrogen) atoms. The Bertz CT molecular complexity index is 177. The molecule has 1 heterocycles. The van der Waals surface area contributed by atoms with Crippen molar-refractivity contribution in [1.82, 2.24) is 5.01 Å². The van der Waals surface area contributed by atoms with Crippen molar-refractivity contribution in [2.24, 2.45) is 11.0 Å². The molecule has 0 amide bonds. The first-order chi connectivity index (χ1) is 5.16. The predicted molar refractivity (Wildman–Crippen MR) is 44.3 cm³/mol. The molecule has 0 fully saturated rings. The molecule has 0 N–H and O–H groups in total. The molecule has 2 nitrogen and oxygen atoms in total. The van der Waals surface area contributed by atoms with Crippen molar-refractivity contribution in [2.45, 2.75) is 19.1 Å². The normalized spacial score (nSPS) is 32.5. The lowest BCUT2D eigenvalue weighted by atomic mass is 9.99. The van der Waals surface area contributed by atoms with Crippen LogP contribution in [0, 0.1) is 5.92 Å². The van der Waals surface area contributed by atoms with Gasteiger partial charge in [0.05, 0.1) is 6.04 Å². The summed E-state index contributed by atoms with van der Waals surface area (Å²) in [5.41, 5.74) is 0. The molecule has 0 aromatic heterocycles. The zero-order valence-corrected chi connectivity index (χ0v) is 6.87. The third-order valence-corrected chi connectivity index (χ3v) is 1.99. The number of hydrazone groups is 1. The molecule has 1 aliphatic heterocycles. The lowest BCUT2D eigenvalue weighted by Crippen LogP contribution is -2.35. The summed E-state index contributed by atoms with van der Waals surface area (Å²) >= 11 is 0. The highest BCUT2D eigenvalue weighted by Gasteiger charge is 2.31. The number of rotatable bonds is 2. The fourth-order valence-corrected chi connectivity index (χ4v) is 1.40. The fraction of sp³-hybridized carbons (Fsp3) is 0.625. The summed E-state index contributed by atoms with van der Waals surface area (Å²) in [6, 6.07) is -0.160. The Balaban J connectivity index is 2.69. The standard InChI is InChI=1S/C8H13FN2/c1-4-7-5-10-11(3)8(7)6(2)9/h4-8H,1H2,2-3H3. The van der Waals surface area contributed by atoms with Crippen molar-refractivity contribution < 1.29 is 4.39 Å². The molecule has 0 aromatic carbocycles. The van der Waals surface area contributed by atoms with E-state index in [9.17, 15) is 4.39 Å². The molecular weight excluding hydrogens is 143 g/mol. The Morgan fingerprint density at radius 2 is 2.45 bits per heavy atom. The zero-order valence-electron chi connectivity index (χ0n) is 6.87. The van der Waals surface area contributed by atoms with Crippen LogP contribution in [0.2, 0.25) is 0 Å². The van der Waals surface area contributed by atoms with Gasteiger partial charge in [0.1, 0.15) is 6.17 Å². The predicted octanol–water partition coefficient (Wildman–Crippen LogP) is 1.45. The van der Waals surface area contributed by atoms with Gasteiger partial charge in [0.25, 0.3) is 0 Å². The average molecular weight is 156 g/mol. The van der Waals surface area contributed by atoms with E-state index in [1.54, 1.807) is 31.3 Å². The highest BCUT2D eigenvalue weighted by Crippen LogP contribution is 2.21. The van der Waals surface area contributed by atoms with Gasteiger partial charge in [-0.1, -0.05) is 6.08 Å². The molecule has 0 bridgehead atoms. The highest BCUT2D eigenvalue weighted by molar-refractivity contribution is 5.66. The highest BCUT2D eigenvalue weighted by atomic mass is 19.1. The SMILES string of the molecule is C=CC1C=NN(C)C1C(C)F. The molecule has 1 aliphatic rings. The van der Waals surface area contributed by atoms with Crippen LogP contribution >= 0.6 is 0 Å². The van der Waals surface area contributed by atoms with Gasteiger partial charge in [0.15, 0.2) is 0 Å². The minimum atomic E-state index is -0.870. The maximum Gasteiger partial charge on any atom is 0.120 e. The Morgan fingerprint density at radius 3 is 2.82 bits per heavy atom. The summed E-state index contributed by atoms with van der Waals surface area (Å²) in [5, 5.41) is 5.64. The van der Waals surface area contributed by atoms with Crippen LogP contribution in [0.5, 0.6) is 0 Å². The Morgan fingerprint density at radius 1 is 1.82 bits per heavy atom. The van der Waals surface area contributed by atoms with Crippen molar-refractivity contribution in [3.63, 3.8) is 0 Å². The minimum Gasteiger partial charge on any atom is -0.293 e. The Labute approximate surface area is 66.4 Å². The van der Waals surface area contributed by atoms with E-state index in [-0.39, 0.29) is 12.0 Å². The second-order valence-electron chi connectivity index (χ2n) is 2.82. The van der Waals surface area contributed by atoms with Gasteiger partial charge in [-0.25, -0.2) is 4.39 Å². The minimum absolute atomic E-state index is 0.0556. The molecule has 62 valence electrons. The van der Waals surface area contributed by atoms with E-state index in [4.69, 9.17) is 0 Å². The lowest BCUT2D eigenvalue weighted by molar-refractivity contribution is 0.154. The van der Waals surface area contributed by atoms with Crippen LogP contribution in [0.15, 0.2) is 17.8 Å². The van der Waals surface area contributed by atoms with E-state index in [2.05, 4.69) is 11.7 Å². The van der Waals surface area contributed by atoms with Crippen LogP contribution in [0.1, 0.15) is 6.92 Å². The van der Waals surface area contributed by atoms with Crippen LogP contribution in [0.4, 0.5) is 4.39 Å². The molecule has 0 spiro atoms.